The van der Waals surface area contributed by atoms with Gasteiger partial charge in [-0.05, 0) is 38.0 Å². The van der Waals surface area contributed by atoms with Crippen molar-refractivity contribution in [3.63, 3.8) is 0 Å². The van der Waals surface area contributed by atoms with E-state index in [-0.39, 0.29) is 0 Å². The minimum atomic E-state index is 0.515. The lowest BCUT2D eigenvalue weighted by Crippen LogP contribution is -2.16. The average Bonchev–Trinajstić information content (AvgIpc) is 2.94. The van der Waals surface area contributed by atoms with Gasteiger partial charge in [0.1, 0.15) is 17.5 Å². The van der Waals surface area contributed by atoms with Crippen LogP contribution < -0.4 is 10.6 Å². The highest BCUT2D eigenvalue weighted by atomic mass is 35.5. The predicted molar refractivity (Wildman–Crippen MR) is 92.4 cm³/mol. The van der Waals surface area contributed by atoms with E-state index in [4.69, 9.17) is 23.2 Å². The van der Waals surface area contributed by atoms with Gasteiger partial charge in [-0.1, -0.05) is 36.0 Å². The van der Waals surface area contributed by atoms with Crippen LogP contribution >= 0.6 is 23.2 Å². The van der Waals surface area contributed by atoms with Gasteiger partial charge < -0.3 is 10.6 Å². The number of benzene rings is 1. The highest BCUT2D eigenvalue weighted by molar-refractivity contribution is 6.36. The van der Waals surface area contributed by atoms with E-state index in [2.05, 4.69) is 20.6 Å². The molecule has 0 atom stereocenters. The number of hydrogen-bond acceptors (Lipinski definition) is 4. The van der Waals surface area contributed by atoms with Crippen LogP contribution in [0.25, 0.3) is 0 Å². The van der Waals surface area contributed by atoms with E-state index in [1.54, 1.807) is 12.1 Å². The van der Waals surface area contributed by atoms with Crippen molar-refractivity contribution in [3.05, 3.63) is 40.1 Å². The quantitative estimate of drug-likeness (QED) is 0.806. The molecule has 1 fully saturated rings. The third kappa shape index (κ3) is 3.81. The number of rotatable bonds is 4. The summed E-state index contributed by atoms with van der Waals surface area (Å²) in [6.45, 7) is 1.88. The van der Waals surface area contributed by atoms with E-state index in [1.807, 2.05) is 19.1 Å². The summed E-state index contributed by atoms with van der Waals surface area (Å²) in [5.41, 5.74) is 0.774. The molecule has 0 saturated heterocycles. The van der Waals surface area contributed by atoms with E-state index in [0.29, 0.717) is 16.1 Å². The Kier molecular flexibility index (Phi) is 4.69. The first-order valence-electron chi connectivity index (χ1n) is 7.44. The predicted octanol–water partition coefficient (Wildman–Crippen LogP) is 5.19. The molecule has 0 bridgehead atoms. The van der Waals surface area contributed by atoms with E-state index < -0.39 is 0 Å². The lowest BCUT2D eigenvalue weighted by molar-refractivity contribution is 0.748. The van der Waals surface area contributed by atoms with E-state index in [0.717, 1.165) is 23.1 Å². The Bertz CT molecular complexity index is 669. The molecule has 1 aliphatic carbocycles. The summed E-state index contributed by atoms with van der Waals surface area (Å²) in [7, 11) is 0. The number of hydrogen-bond donors (Lipinski definition) is 2. The van der Waals surface area contributed by atoms with Gasteiger partial charge in [0.15, 0.2) is 0 Å². The van der Waals surface area contributed by atoms with Crippen LogP contribution in [0.4, 0.5) is 17.3 Å². The Balaban J connectivity index is 1.79. The van der Waals surface area contributed by atoms with Crippen molar-refractivity contribution in [1.29, 1.82) is 0 Å². The zero-order valence-corrected chi connectivity index (χ0v) is 13.9. The largest absolute Gasteiger partial charge is 0.367 e. The van der Waals surface area contributed by atoms with Gasteiger partial charge in [-0.2, -0.15) is 0 Å². The number of nitrogens with zero attached hydrogens (tertiary/aromatic N) is 2. The Morgan fingerprint density at radius 2 is 1.77 bits per heavy atom. The van der Waals surface area contributed by atoms with Crippen LogP contribution in [-0.2, 0) is 0 Å². The molecule has 1 aromatic heterocycles. The molecule has 0 amide bonds. The Morgan fingerprint density at radius 3 is 2.50 bits per heavy atom. The fourth-order valence-corrected chi connectivity index (χ4v) is 3.17. The van der Waals surface area contributed by atoms with Crippen LogP contribution in [0.15, 0.2) is 24.3 Å². The maximum absolute atomic E-state index is 6.19. The van der Waals surface area contributed by atoms with Gasteiger partial charge in [-0.3, -0.25) is 0 Å². The molecule has 4 nitrogen and oxygen atoms in total. The molecule has 1 aromatic carbocycles. The van der Waals surface area contributed by atoms with Crippen LogP contribution in [0.5, 0.6) is 0 Å². The van der Waals surface area contributed by atoms with Gasteiger partial charge in [-0.25, -0.2) is 9.97 Å². The van der Waals surface area contributed by atoms with E-state index >= 15 is 0 Å². The van der Waals surface area contributed by atoms with Crippen LogP contribution in [0.2, 0.25) is 10.0 Å². The average molecular weight is 337 g/mol. The number of halogens is 2. The minimum Gasteiger partial charge on any atom is -0.367 e. The maximum atomic E-state index is 6.19. The van der Waals surface area contributed by atoms with Crippen molar-refractivity contribution in [3.8, 4) is 0 Å². The molecule has 3 rings (SSSR count). The monoisotopic (exact) mass is 336 g/mol. The lowest BCUT2D eigenvalue weighted by atomic mass is 10.2. The van der Waals surface area contributed by atoms with Gasteiger partial charge in [0.2, 0.25) is 0 Å². The Hall–Kier alpha value is -1.52. The molecule has 0 radical (unpaired) electrons. The first kappa shape index (κ1) is 15.4. The highest BCUT2D eigenvalue weighted by Gasteiger charge is 2.15. The van der Waals surface area contributed by atoms with Crippen LogP contribution in [0.1, 0.15) is 31.5 Å². The number of aryl methyl sites for hydroxylation is 1. The summed E-state index contributed by atoms with van der Waals surface area (Å²) in [6, 6.07) is 7.77. The second kappa shape index (κ2) is 6.71. The standard InChI is InChI=1S/C16H18Cl2N4/c1-10-19-15(21-12-4-2-3-5-12)9-16(20-10)22-14-7-6-11(17)8-13(14)18/h6-9,12H,2-5H2,1H3,(H2,19,20,21,22). The molecule has 1 heterocycles. The Labute approximate surface area is 140 Å². The van der Waals surface area contributed by atoms with Crippen LogP contribution in [0.3, 0.4) is 0 Å². The fourth-order valence-electron chi connectivity index (χ4n) is 2.71. The zero-order chi connectivity index (χ0) is 15.5. The molecule has 0 aliphatic heterocycles. The third-order valence-electron chi connectivity index (χ3n) is 3.74. The van der Waals surface area contributed by atoms with Crippen LogP contribution in [-0.4, -0.2) is 16.0 Å². The summed E-state index contributed by atoms with van der Waals surface area (Å²) in [5, 5.41) is 7.88. The van der Waals surface area contributed by atoms with Gasteiger partial charge in [-0.15, -0.1) is 0 Å². The second-order valence-electron chi connectivity index (χ2n) is 5.56. The molecule has 116 valence electrons. The van der Waals surface area contributed by atoms with Gasteiger partial charge >= 0.3 is 0 Å². The molecular formula is C16H18Cl2N4. The molecule has 2 aromatic rings. The minimum absolute atomic E-state index is 0.515. The molecule has 6 heteroatoms. The molecule has 0 unspecified atom stereocenters. The van der Waals surface area contributed by atoms with Crippen molar-refractivity contribution in [2.24, 2.45) is 0 Å². The lowest BCUT2D eigenvalue weighted by Gasteiger charge is -2.15. The summed E-state index contributed by atoms with van der Waals surface area (Å²) < 4.78 is 0. The zero-order valence-electron chi connectivity index (χ0n) is 12.4. The second-order valence-corrected chi connectivity index (χ2v) is 6.40. The van der Waals surface area contributed by atoms with Gasteiger partial charge in [0.05, 0.1) is 10.7 Å². The Morgan fingerprint density at radius 1 is 1.05 bits per heavy atom. The van der Waals surface area contributed by atoms with E-state index in [9.17, 15) is 0 Å². The molecule has 2 N–H and O–H groups in total. The van der Waals surface area contributed by atoms with Crippen LogP contribution in [0, 0.1) is 6.92 Å². The van der Waals surface area contributed by atoms with Gasteiger partial charge in [0, 0.05) is 17.1 Å². The highest BCUT2D eigenvalue weighted by Crippen LogP contribution is 2.29. The smallest absolute Gasteiger partial charge is 0.136 e. The third-order valence-corrected chi connectivity index (χ3v) is 4.29. The molecule has 1 aliphatic rings. The summed E-state index contributed by atoms with van der Waals surface area (Å²) in [5.74, 6) is 2.29. The number of anilines is 3. The molecule has 0 spiro atoms. The summed E-state index contributed by atoms with van der Waals surface area (Å²) in [6.07, 6.45) is 4.98. The molecule has 22 heavy (non-hydrogen) atoms. The molecule has 1 saturated carbocycles. The van der Waals surface area contributed by atoms with E-state index in [1.165, 1.54) is 25.7 Å². The summed E-state index contributed by atoms with van der Waals surface area (Å²) in [4.78, 5) is 8.87. The number of nitrogens with one attached hydrogen (secondary N) is 2. The number of aromatic nitrogens is 2. The van der Waals surface area contributed by atoms with Crippen molar-refractivity contribution in [2.75, 3.05) is 10.6 Å². The fraction of sp³-hybridized carbons (Fsp3) is 0.375. The van der Waals surface area contributed by atoms with Gasteiger partial charge in [0.25, 0.3) is 0 Å². The SMILES string of the molecule is Cc1nc(Nc2ccc(Cl)cc2Cl)cc(NC2CCCC2)n1. The topological polar surface area (TPSA) is 49.8 Å². The van der Waals surface area contributed by atoms with Crippen molar-refractivity contribution in [1.82, 2.24) is 9.97 Å². The first-order valence-corrected chi connectivity index (χ1v) is 8.20. The molecular weight excluding hydrogens is 319 g/mol. The van der Waals surface area contributed by atoms with Crippen molar-refractivity contribution < 1.29 is 0 Å². The van der Waals surface area contributed by atoms with Crippen molar-refractivity contribution >= 4 is 40.5 Å². The normalized spacial score (nSPS) is 15.0. The maximum Gasteiger partial charge on any atom is 0.136 e. The van der Waals surface area contributed by atoms with Crippen molar-refractivity contribution in [2.45, 2.75) is 38.6 Å². The summed E-state index contributed by atoms with van der Waals surface area (Å²) >= 11 is 12.1. The first-order chi connectivity index (χ1) is 10.6.